The van der Waals surface area contributed by atoms with Gasteiger partial charge in [-0.1, -0.05) is 17.6 Å². The fourth-order valence-corrected chi connectivity index (χ4v) is 6.05. The number of carbonyl (C=O) groups is 1. The van der Waals surface area contributed by atoms with Gasteiger partial charge in [-0.2, -0.15) is 4.31 Å². The van der Waals surface area contributed by atoms with Crippen molar-refractivity contribution in [2.45, 2.75) is 29.5 Å². The summed E-state index contributed by atoms with van der Waals surface area (Å²) in [5.41, 5.74) is 0. The van der Waals surface area contributed by atoms with Crippen molar-refractivity contribution in [3.8, 4) is 11.7 Å². The highest BCUT2D eigenvalue weighted by Crippen LogP contribution is 2.29. The van der Waals surface area contributed by atoms with E-state index in [4.69, 9.17) is 8.83 Å². The molecule has 4 heterocycles. The summed E-state index contributed by atoms with van der Waals surface area (Å²) in [6, 6.07) is 5.56. The number of hydrogen-bond acceptors (Lipinski definition) is 8. The molecule has 28 heavy (non-hydrogen) atoms. The third-order valence-corrected chi connectivity index (χ3v) is 7.96. The van der Waals surface area contributed by atoms with Gasteiger partial charge in [0.25, 0.3) is 15.9 Å². The van der Waals surface area contributed by atoms with Crippen molar-refractivity contribution >= 4 is 49.2 Å². The van der Waals surface area contributed by atoms with Crippen LogP contribution in [0, 0.1) is 0 Å². The molecule has 1 unspecified atom stereocenters. The molecule has 1 N–H and O–H groups in total. The monoisotopic (exact) mass is 486 g/mol. The first kappa shape index (κ1) is 19.3. The molecule has 0 radical (unpaired) electrons. The van der Waals surface area contributed by atoms with Crippen molar-refractivity contribution in [3.05, 3.63) is 34.3 Å². The second-order valence-corrected chi connectivity index (χ2v) is 9.91. The molecule has 12 heteroatoms. The minimum atomic E-state index is -3.74. The van der Waals surface area contributed by atoms with Gasteiger partial charge in [-0.25, -0.2) is 8.42 Å². The molecule has 1 fully saturated rings. The molecule has 0 aliphatic carbocycles. The van der Waals surface area contributed by atoms with Gasteiger partial charge < -0.3 is 8.83 Å². The molecule has 3 aromatic rings. The molecule has 3 aromatic heterocycles. The van der Waals surface area contributed by atoms with Gasteiger partial charge in [0, 0.05) is 6.54 Å². The third-order valence-electron chi connectivity index (χ3n) is 4.25. The van der Waals surface area contributed by atoms with Crippen molar-refractivity contribution in [1.29, 1.82) is 0 Å². The second-order valence-electron chi connectivity index (χ2n) is 6.06. The van der Waals surface area contributed by atoms with Gasteiger partial charge in [-0.15, -0.1) is 16.4 Å². The summed E-state index contributed by atoms with van der Waals surface area (Å²) in [5, 5.41) is 11.8. The standard InChI is InChI=1S/C16H15BrN4O5S2/c17-12-7-6-11(25-12)15-19-20-16(26-15)18-14(22)10-4-1-2-8-21(10)28(23,24)13-5-3-9-27-13/h3,5-7,9-10H,1-2,4,8H2,(H,18,20,22). The summed E-state index contributed by atoms with van der Waals surface area (Å²) in [7, 11) is -3.74. The zero-order valence-electron chi connectivity index (χ0n) is 14.4. The number of anilines is 1. The van der Waals surface area contributed by atoms with Gasteiger partial charge in [0.1, 0.15) is 10.3 Å². The van der Waals surface area contributed by atoms with Crippen molar-refractivity contribution < 1.29 is 22.0 Å². The lowest BCUT2D eigenvalue weighted by Gasteiger charge is -2.32. The van der Waals surface area contributed by atoms with Crippen LogP contribution >= 0.6 is 27.3 Å². The first-order chi connectivity index (χ1) is 13.4. The van der Waals surface area contributed by atoms with Crippen molar-refractivity contribution in [2.24, 2.45) is 0 Å². The number of nitrogens with zero attached hydrogens (tertiary/aromatic N) is 3. The van der Waals surface area contributed by atoms with E-state index in [2.05, 4.69) is 31.4 Å². The first-order valence-electron chi connectivity index (χ1n) is 8.40. The minimum Gasteiger partial charge on any atom is -0.444 e. The minimum absolute atomic E-state index is 0.104. The number of furan rings is 1. The Kier molecular flexibility index (Phi) is 5.36. The Morgan fingerprint density at radius 3 is 2.82 bits per heavy atom. The van der Waals surface area contributed by atoms with E-state index in [0.717, 1.165) is 17.8 Å². The fourth-order valence-electron chi connectivity index (χ4n) is 2.97. The van der Waals surface area contributed by atoms with E-state index < -0.39 is 22.0 Å². The van der Waals surface area contributed by atoms with Gasteiger partial charge in [0.05, 0.1) is 0 Å². The number of halogens is 1. The molecule has 1 aliphatic rings. The van der Waals surface area contributed by atoms with Crippen LogP contribution in [0.15, 0.2) is 47.4 Å². The van der Waals surface area contributed by atoms with Gasteiger partial charge in [-0.05, 0) is 52.4 Å². The predicted octanol–water partition coefficient (Wildman–Crippen LogP) is 3.34. The average Bonchev–Trinajstić information content (AvgIpc) is 3.43. The molecule has 0 bridgehead atoms. The van der Waals surface area contributed by atoms with Crippen LogP contribution in [0.25, 0.3) is 11.7 Å². The van der Waals surface area contributed by atoms with Crippen LogP contribution in [0.1, 0.15) is 19.3 Å². The number of hydrogen-bond donors (Lipinski definition) is 1. The normalized spacial score (nSPS) is 18.2. The quantitative estimate of drug-likeness (QED) is 0.587. The van der Waals surface area contributed by atoms with E-state index in [1.54, 1.807) is 23.6 Å². The van der Waals surface area contributed by atoms with Gasteiger partial charge in [0.2, 0.25) is 5.91 Å². The Bertz CT molecular complexity index is 1080. The van der Waals surface area contributed by atoms with E-state index in [1.807, 2.05) is 0 Å². The maximum absolute atomic E-state index is 12.9. The van der Waals surface area contributed by atoms with Crippen molar-refractivity contribution in [3.63, 3.8) is 0 Å². The Morgan fingerprint density at radius 1 is 1.25 bits per heavy atom. The molecule has 1 atom stereocenters. The Labute approximate surface area is 172 Å². The van der Waals surface area contributed by atoms with Crippen LogP contribution in [0.5, 0.6) is 0 Å². The third kappa shape index (κ3) is 3.77. The molecule has 0 spiro atoms. The van der Waals surface area contributed by atoms with Gasteiger partial charge >= 0.3 is 6.01 Å². The summed E-state index contributed by atoms with van der Waals surface area (Å²) >= 11 is 4.31. The summed E-state index contributed by atoms with van der Waals surface area (Å²) < 4.78 is 38.5. The first-order valence-corrected chi connectivity index (χ1v) is 11.5. The number of aromatic nitrogens is 2. The molecular weight excluding hydrogens is 472 g/mol. The zero-order valence-corrected chi connectivity index (χ0v) is 17.6. The smallest absolute Gasteiger partial charge is 0.322 e. The number of amides is 1. The van der Waals surface area contributed by atoms with Crippen molar-refractivity contribution in [2.75, 3.05) is 11.9 Å². The summed E-state index contributed by atoms with van der Waals surface area (Å²) in [5.74, 6) is -0.0530. The number of nitrogens with one attached hydrogen (secondary N) is 1. The van der Waals surface area contributed by atoms with E-state index in [9.17, 15) is 13.2 Å². The van der Waals surface area contributed by atoms with E-state index >= 15 is 0 Å². The molecule has 0 aromatic carbocycles. The average molecular weight is 487 g/mol. The summed E-state index contributed by atoms with van der Waals surface area (Å²) in [6.45, 7) is 0.286. The molecule has 148 valence electrons. The van der Waals surface area contributed by atoms with E-state index in [-0.39, 0.29) is 22.7 Å². The Morgan fingerprint density at radius 2 is 2.11 bits per heavy atom. The fraction of sp³-hybridized carbons (Fsp3) is 0.312. The van der Waals surface area contributed by atoms with Gasteiger partial charge in [0.15, 0.2) is 10.4 Å². The zero-order chi connectivity index (χ0) is 19.7. The maximum Gasteiger partial charge on any atom is 0.322 e. The number of thiophene rings is 1. The highest BCUT2D eigenvalue weighted by molar-refractivity contribution is 9.10. The van der Waals surface area contributed by atoms with E-state index in [0.29, 0.717) is 23.3 Å². The van der Waals surface area contributed by atoms with Crippen LogP contribution < -0.4 is 5.32 Å². The van der Waals surface area contributed by atoms with Crippen LogP contribution in [0.3, 0.4) is 0 Å². The molecular formula is C16H15BrN4O5S2. The molecule has 1 aliphatic heterocycles. The molecule has 1 amide bonds. The number of piperidine rings is 1. The lowest BCUT2D eigenvalue weighted by molar-refractivity contribution is -0.120. The highest BCUT2D eigenvalue weighted by atomic mass is 79.9. The maximum atomic E-state index is 12.9. The highest BCUT2D eigenvalue weighted by Gasteiger charge is 2.38. The lowest BCUT2D eigenvalue weighted by Crippen LogP contribution is -2.49. The second kappa shape index (κ2) is 7.78. The molecule has 0 saturated carbocycles. The van der Waals surface area contributed by atoms with E-state index in [1.165, 1.54) is 10.4 Å². The molecule has 9 nitrogen and oxygen atoms in total. The lowest BCUT2D eigenvalue weighted by atomic mass is 10.0. The largest absolute Gasteiger partial charge is 0.444 e. The van der Waals surface area contributed by atoms with Crippen molar-refractivity contribution in [1.82, 2.24) is 14.5 Å². The number of sulfonamides is 1. The van der Waals surface area contributed by atoms with Crippen LogP contribution in [-0.4, -0.2) is 41.4 Å². The van der Waals surface area contributed by atoms with Crippen LogP contribution in [-0.2, 0) is 14.8 Å². The van der Waals surface area contributed by atoms with Crippen LogP contribution in [0.2, 0.25) is 0 Å². The Hall–Kier alpha value is -2.02. The topological polar surface area (TPSA) is 119 Å². The SMILES string of the molecule is O=C(Nc1nnc(-c2ccc(Br)o2)o1)C1CCCCN1S(=O)(=O)c1cccs1. The van der Waals surface area contributed by atoms with Gasteiger partial charge in [-0.3, -0.25) is 10.1 Å². The molecule has 4 rings (SSSR count). The number of rotatable bonds is 5. The van der Waals surface area contributed by atoms with Crippen LogP contribution in [0.4, 0.5) is 6.01 Å². The summed E-state index contributed by atoms with van der Waals surface area (Å²) in [4.78, 5) is 12.8. The predicted molar refractivity (Wildman–Crippen MR) is 104 cm³/mol. The number of carbonyl (C=O) groups excluding carboxylic acids is 1. The summed E-state index contributed by atoms with van der Waals surface area (Å²) in [6.07, 6.45) is 1.87. The Balaban J connectivity index is 1.52. The molecule has 1 saturated heterocycles.